The highest BCUT2D eigenvalue weighted by atomic mass is 14.9. The van der Waals surface area contributed by atoms with Crippen LogP contribution in [0.2, 0.25) is 0 Å². The molecule has 0 fully saturated rings. The van der Waals surface area contributed by atoms with Crippen molar-refractivity contribution in [1.82, 2.24) is 0 Å². The first kappa shape index (κ1) is 12.7. The molecule has 0 aliphatic carbocycles. The molecule has 0 atom stereocenters. The molecule has 18 heavy (non-hydrogen) atoms. The summed E-state index contributed by atoms with van der Waals surface area (Å²) >= 11 is 0. The molecule has 0 aliphatic rings. The van der Waals surface area contributed by atoms with Crippen molar-refractivity contribution in [1.29, 1.82) is 0 Å². The second-order valence-electron chi connectivity index (χ2n) is 5.67. The first-order valence-electron chi connectivity index (χ1n) is 6.44. The Morgan fingerprint density at radius 3 is 2.00 bits per heavy atom. The van der Waals surface area contributed by atoms with Crippen molar-refractivity contribution in [2.24, 2.45) is 0 Å². The Hall–Kier alpha value is -1.76. The first-order valence-corrected chi connectivity index (χ1v) is 6.44. The maximum Gasteiger partial charge on any atom is 0.0400 e. The molecular weight excluding hydrogens is 218 g/mol. The molecule has 1 N–H and O–H groups in total. The Kier molecular flexibility index (Phi) is 3.71. The van der Waals surface area contributed by atoms with Gasteiger partial charge in [0.1, 0.15) is 0 Å². The third-order valence-electron chi connectivity index (χ3n) is 3.09. The van der Waals surface area contributed by atoms with Crippen LogP contribution in [0.25, 0.3) is 0 Å². The van der Waals surface area contributed by atoms with Crippen molar-refractivity contribution in [2.75, 3.05) is 5.32 Å². The van der Waals surface area contributed by atoms with E-state index in [0.29, 0.717) is 0 Å². The molecule has 0 heterocycles. The van der Waals surface area contributed by atoms with E-state index >= 15 is 0 Å². The highest BCUT2D eigenvalue weighted by molar-refractivity contribution is 5.43. The Labute approximate surface area is 110 Å². The summed E-state index contributed by atoms with van der Waals surface area (Å²) in [5, 5.41) is 3.42. The molecule has 0 amide bonds. The summed E-state index contributed by atoms with van der Waals surface area (Å²) in [5.74, 6) is 0. The van der Waals surface area contributed by atoms with Crippen LogP contribution in [0.3, 0.4) is 0 Å². The van der Waals surface area contributed by atoms with Crippen molar-refractivity contribution in [3.05, 3.63) is 65.7 Å². The number of rotatable bonds is 3. The lowest BCUT2D eigenvalue weighted by molar-refractivity contribution is 0.590. The largest absolute Gasteiger partial charge is 0.381 e. The van der Waals surface area contributed by atoms with Gasteiger partial charge in [-0.25, -0.2) is 0 Å². The Morgan fingerprint density at radius 1 is 0.833 bits per heavy atom. The summed E-state index contributed by atoms with van der Waals surface area (Å²) in [6.07, 6.45) is 0. The molecule has 0 bridgehead atoms. The molecule has 0 radical (unpaired) electrons. The normalized spacial score (nSPS) is 11.3. The van der Waals surface area contributed by atoms with Crippen molar-refractivity contribution < 1.29 is 0 Å². The first-order chi connectivity index (χ1) is 8.55. The fourth-order valence-corrected chi connectivity index (χ4v) is 1.88. The fourth-order valence-electron chi connectivity index (χ4n) is 1.88. The third-order valence-corrected chi connectivity index (χ3v) is 3.09. The zero-order valence-electron chi connectivity index (χ0n) is 11.4. The van der Waals surface area contributed by atoms with Crippen LogP contribution in [0.4, 0.5) is 5.69 Å². The van der Waals surface area contributed by atoms with E-state index in [1.165, 1.54) is 11.1 Å². The molecule has 0 aliphatic heterocycles. The minimum absolute atomic E-state index is 0.228. The lowest BCUT2D eigenvalue weighted by Crippen LogP contribution is -2.11. The molecule has 0 saturated heterocycles. The van der Waals surface area contributed by atoms with E-state index in [2.05, 4.69) is 62.5 Å². The summed E-state index contributed by atoms with van der Waals surface area (Å²) in [7, 11) is 0. The molecule has 1 heteroatoms. The van der Waals surface area contributed by atoms with Crippen molar-refractivity contribution in [2.45, 2.75) is 32.7 Å². The molecule has 2 aromatic carbocycles. The average Bonchev–Trinajstić information content (AvgIpc) is 2.37. The molecule has 94 valence electrons. The van der Waals surface area contributed by atoms with Gasteiger partial charge in [-0.15, -0.1) is 0 Å². The molecule has 0 aromatic heterocycles. The Bertz CT molecular complexity index is 477. The van der Waals surface area contributed by atoms with Crippen LogP contribution in [0.1, 0.15) is 31.9 Å². The van der Waals surface area contributed by atoms with Gasteiger partial charge in [-0.05, 0) is 28.7 Å². The Morgan fingerprint density at radius 2 is 1.44 bits per heavy atom. The molecule has 0 saturated carbocycles. The molecule has 2 rings (SSSR count). The van der Waals surface area contributed by atoms with E-state index in [4.69, 9.17) is 0 Å². The van der Waals surface area contributed by atoms with Crippen LogP contribution >= 0.6 is 0 Å². The van der Waals surface area contributed by atoms with Crippen LogP contribution in [-0.4, -0.2) is 0 Å². The van der Waals surface area contributed by atoms with Gasteiger partial charge >= 0.3 is 0 Å². The highest BCUT2D eigenvalue weighted by Crippen LogP contribution is 2.22. The average molecular weight is 239 g/mol. The highest BCUT2D eigenvalue weighted by Gasteiger charge is 2.12. The minimum Gasteiger partial charge on any atom is -0.381 e. The third kappa shape index (κ3) is 3.36. The summed E-state index contributed by atoms with van der Waals surface area (Å²) in [6, 6.07) is 19.2. The van der Waals surface area contributed by atoms with Gasteiger partial charge in [0.2, 0.25) is 0 Å². The quantitative estimate of drug-likeness (QED) is 0.825. The van der Waals surface area contributed by atoms with Gasteiger partial charge in [0, 0.05) is 12.2 Å². The fraction of sp³-hybridized carbons (Fsp3) is 0.294. The Balaban J connectivity index is 1.99. The molecule has 0 spiro atoms. The second kappa shape index (κ2) is 5.26. The summed E-state index contributed by atoms with van der Waals surface area (Å²) in [5.41, 5.74) is 4.08. The monoisotopic (exact) mass is 239 g/mol. The lowest BCUT2D eigenvalue weighted by Gasteiger charge is -2.19. The SMILES string of the molecule is CC(C)(C)c1ccc(CNc2ccccc2)cc1. The van der Waals surface area contributed by atoms with Crippen LogP contribution in [0.5, 0.6) is 0 Å². The maximum absolute atomic E-state index is 3.42. The zero-order chi connectivity index (χ0) is 13.0. The second-order valence-corrected chi connectivity index (χ2v) is 5.67. The number of nitrogens with one attached hydrogen (secondary N) is 1. The van der Waals surface area contributed by atoms with Crippen LogP contribution in [-0.2, 0) is 12.0 Å². The minimum atomic E-state index is 0.228. The summed E-state index contributed by atoms with van der Waals surface area (Å²) < 4.78 is 0. The standard InChI is InChI=1S/C17H21N/c1-17(2,3)15-11-9-14(10-12-15)13-18-16-7-5-4-6-8-16/h4-12,18H,13H2,1-3H3. The summed E-state index contributed by atoms with van der Waals surface area (Å²) in [4.78, 5) is 0. The van der Waals surface area contributed by atoms with E-state index in [-0.39, 0.29) is 5.41 Å². The zero-order valence-corrected chi connectivity index (χ0v) is 11.4. The van der Waals surface area contributed by atoms with Gasteiger partial charge in [-0.2, -0.15) is 0 Å². The molecule has 1 nitrogen and oxygen atoms in total. The van der Waals surface area contributed by atoms with E-state index in [1.54, 1.807) is 0 Å². The van der Waals surface area contributed by atoms with E-state index in [1.807, 2.05) is 18.2 Å². The van der Waals surface area contributed by atoms with Crippen molar-refractivity contribution in [3.8, 4) is 0 Å². The van der Waals surface area contributed by atoms with Gasteiger partial charge < -0.3 is 5.32 Å². The molecule has 2 aromatic rings. The number of hydrogen-bond acceptors (Lipinski definition) is 1. The smallest absolute Gasteiger partial charge is 0.0400 e. The number of para-hydroxylation sites is 1. The topological polar surface area (TPSA) is 12.0 Å². The molecular formula is C17H21N. The van der Waals surface area contributed by atoms with Gasteiger partial charge in [0.25, 0.3) is 0 Å². The predicted octanol–water partition coefficient (Wildman–Crippen LogP) is 4.60. The van der Waals surface area contributed by atoms with Crippen LogP contribution in [0, 0.1) is 0 Å². The van der Waals surface area contributed by atoms with E-state index in [0.717, 1.165) is 12.2 Å². The van der Waals surface area contributed by atoms with Crippen LogP contribution < -0.4 is 5.32 Å². The number of benzene rings is 2. The van der Waals surface area contributed by atoms with Gasteiger partial charge in [-0.1, -0.05) is 63.2 Å². The maximum atomic E-state index is 3.42. The van der Waals surface area contributed by atoms with Gasteiger partial charge in [0.15, 0.2) is 0 Å². The van der Waals surface area contributed by atoms with Crippen molar-refractivity contribution >= 4 is 5.69 Å². The molecule has 0 unspecified atom stereocenters. The predicted molar refractivity (Wildman–Crippen MR) is 78.9 cm³/mol. The van der Waals surface area contributed by atoms with E-state index in [9.17, 15) is 0 Å². The number of hydrogen-bond donors (Lipinski definition) is 1. The van der Waals surface area contributed by atoms with E-state index < -0.39 is 0 Å². The lowest BCUT2D eigenvalue weighted by atomic mass is 9.87. The van der Waals surface area contributed by atoms with Crippen LogP contribution in [0.15, 0.2) is 54.6 Å². The van der Waals surface area contributed by atoms with Crippen molar-refractivity contribution in [3.63, 3.8) is 0 Å². The van der Waals surface area contributed by atoms with Gasteiger partial charge in [0.05, 0.1) is 0 Å². The number of anilines is 1. The summed E-state index contributed by atoms with van der Waals surface area (Å²) in [6.45, 7) is 7.59. The van der Waals surface area contributed by atoms with Gasteiger partial charge in [-0.3, -0.25) is 0 Å².